The Kier molecular flexibility index (Phi) is 6.36. The summed E-state index contributed by atoms with van der Waals surface area (Å²) in [4.78, 5) is 4.19. The summed E-state index contributed by atoms with van der Waals surface area (Å²) in [6, 6.07) is 7.34. The Morgan fingerprint density at radius 2 is 1.81 bits per heavy atom. The molecule has 1 heterocycles. The topological polar surface area (TPSA) is 67.6 Å². The highest BCUT2D eigenvalue weighted by molar-refractivity contribution is 6.30. The molecule has 0 unspecified atom stereocenters. The van der Waals surface area contributed by atoms with Gasteiger partial charge in [-0.25, -0.2) is 4.98 Å². The average Bonchev–Trinajstić information content (AvgIpc) is 2.67. The number of nitrogens with two attached hydrogens (primary N) is 1. The van der Waals surface area contributed by atoms with Gasteiger partial charge in [0, 0.05) is 10.6 Å². The predicted molar refractivity (Wildman–Crippen MR) is 69.2 cm³/mol. The van der Waals surface area contributed by atoms with Gasteiger partial charge in [-0.15, -0.1) is 24.8 Å². The van der Waals surface area contributed by atoms with Gasteiger partial charge in [0.25, 0.3) is 0 Å². The Morgan fingerprint density at radius 1 is 1.19 bits per heavy atom. The quantitative estimate of drug-likeness (QED) is 0.888. The van der Waals surface area contributed by atoms with E-state index in [2.05, 4.69) is 15.2 Å². The molecule has 0 aliphatic heterocycles. The SMILES string of the molecule is Cl.Cl.NCc1nc(-c2ccc(Cl)cc2)n[nH]1. The number of benzene rings is 1. The van der Waals surface area contributed by atoms with E-state index in [-0.39, 0.29) is 24.8 Å². The standard InChI is InChI=1S/C9H9ClN4.2ClH/c10-7-3-1-6(2-4-7)9-12-8(5-11)13-14-9;;/h1-4H,5,11H2,(H,12,13,14);2*1H. The van der Waals surface area contributed by atoms with Gasteiger partial charge in [-0.2, -0.15) is 5.10 Å². The fourth-order valence-electron chi connectivity index (χ4n) is 1.11. The number of H-pyrrole nitrogens is 1. The number of hydrogen-bond acceptors (Lipinski definition) is 3. The van der Waals surface area contributed by atoms with E-state index in [1.54, 1.807) is 12.1 Å². The van der Waals surface area contributed by atoms with Gasteiger partial charge in [-0.05, 0) is 24.3 Å². The van der Waals surface area contributed by atoms with Crippen molar-refractivity contribution in [1.29, 1.82) is 0 Å². The van der Waals surface area contributed by atoms with Crippen LogP contribution in [-0.4, -0.2) is 15.2 Å². The van der Waals surface area contributed by atoms with Crippen molar-refractivity contribution in [2.75, 3.05) is 0 Å². The Hall–Kier alpha value is -0.810. The molecule has 0 spiro atoms. The van der Waals surface area contributed by atoms with E-state index < -0.39 is 0 Å². The molecule has 0 amide bonds. The highest BCUT2D eigenvalue weighted by atomic mass is 35.5. The van der Waals surface area contributed by atoms with Crippen molar-refractivity contribution in [3.8, 4) is 11.4 Å². The normalized spacial score (nSPS) is 9.12. The summed E-state index contributed by atoms with van der Waals surface area (Å²) >= 11 is 5.76. The van der Waals surface area contributed by atoms with Gasteiger partial charge < -0.3 is 5.73 Å². The molecule has 7 heteroatoms. The van der Waals surface area contributed by atoms with Gasteiger partial charge in [0.05, 0.1) is 6.54 Å². The molecule has 1 aromatic carbocycles. The summed E-state index contributed by atoms with van der Waals surface area (Å²) in [5, 5.41) is 7.47. The number of halogens is 3. The Labute approximate surface area is 110 Å². The van der Waals surface area contributed by atoms with Crippen molar-refractivity contribution >= 4 is 36.4 Å². The molecule has 0 fully saturated rings. The van der Waals surface area contributed by atoms with Gasteiger partial charge in [0.15, 0.2) is 5.82 Å². The van der Waals surface area contributed by atoms with Gasteiger partial charge in [0.2, 0.25) is 0 Å². The maximum Gasteiger partial charge on any atom is 0.181 e. The lowest BCUT2D eigenvalue weighted by Gasteiger charge is -1.93. The largest absolute Gasteiger partial charge is 0.324 e. The van der Waals surface area contributed by atoms with Crippen molar-refractivity contribution in [2.24, 2.45) is 5.73 Å². The molecule has 0 saturated carbocycles. The lowest BCUT2D eigenvalue weighted by atomic mass is 10.2. The Bertz CT molecular complexity index is 427. The molecule has 0 aliphatic carbocycles. The average molecular weight is 282 g/mol. The summed E-state index contributed by atoms with van der Waals surface area (Å²) in [5.41, 5.74) is 6.33. The van der Waals surface area contributed by atoms with Crippen molar-refractivity contribution < 1.29 is 0 Å². The Balaban J connectivity index is 0.00000112. The van der Waals surface area contributed by atoms with E-state index in [0.29, 0.717) is 23.2 Å². The first-order chi connectivity index (χ1) is 6.79. The molecule has 2 rings (SSSR count). The predicted octanol–water partition coefficient (Wildman–Crippen LogP) is 2.43. The highest BCUT2D eigenvalue weighted by Crippen LogP contribution is 2.17. The van der Waals surface area contributed by atoms with Crippen LogP contribution in [-0.2, 0) is 6.54 Å². The van der Waals surface area contributed by atoms with Crippen LogP contribution in [0.3, 0.4) is 0 Å². The van der Waals surface area contributed by atoms with E-state index in [0.717, 1.165) is 5.56 Å². The van der Waals surface area contributed by atoms with Gasteiger partial charge in [-0.3, -0.25) is 5.10 Å². The first-order valence-electron chi connectivity index (χ1n) is 4.17. The molecular formula is C9H11Cl3N4. The number of aromatic nitrogens is 3. The molecule has 4 nitrogen and oxygen atoms in total. The van der Waals surface area contributed by atoms with Crippen LogP contribution < -0.4 is 5.73 Å². The zero-order valence-corrected chi connectivity index (χ0v) is 10.6. The number of rotatable bonds is 2. The molecule has 3 N–H and O–H groups in total. The van der Waals surface area contributed by atoms with Crippen molar-refractivity contribution in [1.82, 2.24) is 15.2 Å². The molecule has 2 aromatic rings. The second kappa shape index (κ2) is 6.70. The second-order valence-corrected chi connectivity index (χ2v) is 3.25. The van der Waals surface area contributed by atoms with E-state index in [4.69, 9.17) is 17.3 Å². The summed E-state index contributed by atoms with van der Waals surface area (Å²) in [6.45, 7) is 0.362. The minimum Gasteiger partial charge on any atom is -0.324 e. The summed E-state index contributed by atoms with van der Waals surface area (Å²) in [5.74, 6) is 1.32. The molecular weight excluding hydrogens is 270 g/mol. The van der Waals surface area contributed by atoms with Crippen LogP contribution >= 0.6 is 36.4 Å². The number of hydrogen-bond donors (Lipinski definition) is 2. The van der Waals surface area contributed by atoms with Gasteiger partial charge in [-0.1, -0.05) is 11.6 Å². The lowest BCUT2D eigenvalue weighted by molar-refractivity contribution is 0.917. The first kappa shape index (κ1) is 15.2. The molecule has 0 aliphatic rings. The third-order valence-corrected chi connectivity index (χ3v) is 2.08. The fourth-order valence-corrected chi connectivity index (χ4v) is 1.24. The van der Waals surface area contributed by atoms with Crippen molar-refractivity contribution in [3.63, 3.8) is 0 Å². The van der Waals surface area contributed by atoms with Crippen molar-refractivity contribution in [2.45, 2.75) is 6.54 Å². The van der Waals surface area contributed by atoms with E-state index in [1.807, 2.05) is 12.1 Å². The maximum absolute atomic E-state index is 5.76. The van der Waals surface area contributed by atoms with Crippen molar-refractivity contribution in [3.05, 3.63) is 35.1 Å². The smallest absolute Gasteiger partial charge is 0.181 e. The van der Waals surface area contributed by atoms with E-state index in [1.165, 1.54) is 0 Å². The molecule has 0 radical (unpaired) electrons. The monoisotopic (exact) mass is 280 g/mol. The summed E-state index contributed by atoms with van der Waals surface area (Å²) in [7, 11) is 0. The molecule has 0 atom stereocenters. The third-order valence-electron chi connectivity index (χ3n) is 1.83. The minimum atomic E-state index is 0. The third kappa shape index (κ3) is 3.35. The van der Waals surface area contributed by atoms with Crippen LogP contribution in [0.5, 0.6) is 0 Å². The second-order valence-electron chi connectivity index (χ2n) is 2.82. The van der Waals surface area contributed by atoms with E-state index >= 15 is 0 Å². The van der Waals surface area contributed by atoms with Crippen LogP contribution in [0, 0.1) is 0 Å². The van der Waals surface area contributed by atoms with E-state index in [9.17, 15) is 0 Å². The summed E-state index contributed by atoms with van der Waals surface area (Å²) < 4.78 is 0. The van der Waals surface area contributed by atoms with Crippen LogP contribution in [0.2, 0.25) is 5.02 Å². The zero-order valence-electron chi connectivity index (χ0n) is 8.18. The molecule has 0 saturated heterocycles. The number of nitrogens with one attached hydrogen (secondary N) is 1. The molecule has 0 bridgehead atoms. The highest BCUT2D eigenvalue weighted by Gasteiger charge is 2.03. The zero-order chi connectivity index (χ0) is 9.97. The van der Waals surface area contributed by atoms with Crippen LogP contribution in [0.1, 0.15) is 5.82 Å². The number of aromatic amines is 1. The van der Waals surface area contributed by atoms with Crippen LogP contribution in [0.15, 0.2) is 24.3 Å². The maximum atomic E-state index is 5.76. The molecule has 1 aromatic heterocycles. The first-order valence-corrected chi connectivity index (χ1v) is 4.54. The number of nitrogens with zero attached hydrogens (tertiary/aromatic N) is 2. The Morgan fingerprint density at radius 3 is 2.31 bits per heavy atom. The van der Waals surface area contributed by atoms with Gasteiger partial charge in [0.1, 0.15) is 5.82 Å². The van der Waals surface area contributed by atoms with Gasteiger partial charge >= 0.3 is 0 Å². The van der Waals surface area contributed by atoms with Crippen LogP contribution in [0.25, 0.3) is 11.4 Å². The summed E-state index contributed by atoms with van der Waals surface area (Å²) in [6.07, 6.45) is 0. The fraction of sp³-hybridized carbons (Fsp3) is 0.111. The lowest BCUT2D eigenvalue weighted by Crippen LogP contribution is -1.97. The van der Waals surface area contributed by atoms with Crippen LogP contribution in [0.4, 0.5) is 0 Å². The minimum absolute atomic E-state index is 0. The molecule has 16 heavy (non-hydrogen) atoms. The molecule has 88 valence electrons.